The van der Waals surface area contributed by atoms with E-state index in [0.717, 1.165) is 12.8 Å². The maximum Gasteiger partial charge on any atom is 0.325 e. The fourth-order valence-corrected chi connectivity index (χ4v) is 2.12. The Morgan fingerprint density at radius 1 is 1.43 bits per heavy atom. The van der Waals surface area contributed by atoms with Gasteiger partial charge in [-0.25, -0.2) is 0 Å². The van der Waals surface area contributed by atoms with Crippen molar-refractivity contribution in [3.05, 3.63) is 28.3 Å². The lowest BCUT2D eigenvalue weighted by Crippen LogP contribution is -2.33. The summed E-state index contributed by atoms with van der Waals surface area (Å²) >= 11 is 0. The highest BCUT2D eigenvalue weighted by molar-refractivity contribution is 5.77. The highest BCUT2D eigenvalue weighted by Crippen LogP contribution is 2.35. The lowest BCUT2D eigenvalue weighted by molar-refractivity contribution is -0.384. The van der Waals surface area contributed by atoms with E-state index in [2.05, 4.69) is 0 Å². The molecule has 1 fully saturated rings. The van der Waals surface area contributed by atoms with Crippen LogP contribution in [-0.4, -0.2) is 37.2 Å². The number of methoxy groups -OCH3 is 1. The van der Waals surface area contributed by atoms with Gasteiger partial charge in [-0.3, -0.25) is 14.9 Å². The predicted molar refractivity (Wildman–Crippen MR) is 76.6 cm³/mol. The number of nitro benzene ring substituents is 1. The SMILES string of the molecule is CCOC(=O)CN(c1cc(OC)cc([N+](=O)[O-])c1)C1CC1. The van der Waals surface area contributed by atoms with Crippen molar-refractivity contribution in [2.75, 3.05) is 25.2 Å². The summed E-state index contributed by atoms with van der Waals surface area (Å²) in [4.78, 5) is 24.1. The summed E-state index contributed by atoms with van der Waals surface area (Å²) in [5.74, 6) is 0.0589. The van der Waals surface area contributed by atoms with E-state index < -0.39 is 4.92 Å². The Morgan fingerprint density at radius 3 is 2.67 bits per heavy atom. The molecular weight excluding hydrogens is 276 g/mol. The van der Waals surface area contributed by atoms with Crippen LogP contribution < -0.4 is 9.64 Å². The van der Waals surface area contributed by atoms with Crippen LogP contribution in [0.4, 0.5) is 11.4 Å². The van der Waals surface area contributed by atoms with E-state index in [4.69, 9.17) is 9.47 Å². The van der Waals surface area contributed by atoms with Crippen LogP contribution in [0.1, 0.15) is 19.8 Å². The van der Waals surface area contributed by atoms with Gasteiger partial charge in [0.05, 0.1) is 24.7 Å². The van der Waals surface area contributed by atoms with Crippen LogP contribution in [-0.2, 0) is 9.53 Å². The zero-order chi connectivity index (χ0) is 15.4. The number of ether oxygens (including phenoxy) is 2. The first kappa shape index (κ1) is 15.1. The zero-order valence-electron chi connectivity index (χ0n) is 12.1. The first-order valence-electron chi connectivity index (χ1n) is 6.81. The van der Waals surface area contributed by atoms with Crippen LogP contribution in [0.5, 0.6) is 5.75 Å². The standard InChI is InChI=1S/C14H18N2O5/c1-3-21-14(17)9-15(10-4-5-10)11-6-12(16(18)19)8-13(7-11)20-2/h6-8,10H,3-5,9H2,1-2H3. The minimum atomic E-state index is -0.471. The first-order valence-corrected chi connectivity index (χ1v) is 6.81. The van der Waals surface area contributed by atoms with Crippen molar-refractivity contribution in [2.24, 2.45) is 0 Å². The second-order valence-corrected chi connectivity index (χ2v) is 4.81. The summed E-state index contributed by atoms with van der Waals surface area (Å²) in [5.41, 5.74) is 0.551. The number of benzene rings is 1. The molecule has 7 heteroatoms. The van der Waals surface area contributed by atoms with Crippen LogP contribution in [0.25, 0.3) is 0 Å². The van der Waals surface area contributed by atoms with Gasteiger partial charge in [-0.05, 0) is 19.8 Å². The van der Waals surface area contributed by atoms with E-state index >= 15 is 0 Å². The van der Waals surface area contributed by atoms with Gasteiger partial charge < -0.3 is 14.4 Å². The number of nitrogens with zero attached hydrogens (tertiary/aromatic N) is 2. The number of carbonyl (C=O) groups excluding carboxylic acids is 1. The maximum absolute atomic E-state index is 11.7. The topological polar surface area (TPSA) is 81.9 Å². The van der Waals surface area contributed by atoms with Gasteiger partial charge in [-0.15, -0.1) is 0 Å². The second-order valence-electron chi connectivity index (χ2n) is 4.81. The summed E-state index contributed by atoms with van der Waals surface area (Å²) in [6.07, 6.45) is 1.93. The molecule has 0 aromatic heterocycles. The minimum Gasteiger partial charge on any atom is -0.496 e. The van der Waals surface area contributed by atoms with E-state index in [9.17, 15) is 14.9 Å². The molecule has 1 aliphatic carbocycles. The molecule has 1 aromatic rings. The molecule has 0 bridgehead atoms. The molecule has 0 radical (unpaired) electrons. The molecule has 0 saturated heterocycles. The molecule has 7 nitrogen and oxygen atoms in total. The molecule has 0 spiro atoms. The Labute approximate surface area is 122 Å². The van der Waals surface area contributed by atoms with E-state index in [0.29, 0.717) is 18.0 Å². The monoisotopic (exact) mass is 294 g/mol. The number of anilines is 1. The van der Waals surface area contributed by atoms with Gasteiger partial charge >= 0.3 is 5.97 Å². The van der Waals surface area contributed by atoms with Crippen molar-refractivity contribution >= 4 is 17.3 Å². The highest BCUT2D eigenvalue weighted by atomic mass is 16.6. The van der Waals surface area contributed by atoms with Crippen LogP contribution in [0.2, 0.25) is 0 Å². The largest absolute Gasteiger partial charge is 0.496 e. The first-order chi connectivity index (χ1) is 10.0. The Kier molecular flexibility index (Phi) is 4.62. The van der Waals surface area contributed by atoms with Crippen molar-refractivity contribution < 1.29 is 19.2 Å². The molecule has 21 heavy (non-hydrogen) atoms. The third-order valence-corrected chi connectivity index (χ3v) is 3.25. The van der Waals surface area contributed by atoms with Crippen molar-refractivity contribution in [3.8, 4) is 5.75 Å². The number of non-ortho nitro benzene ring substituents is 1. The van der Waals surface area contributed by atoms with Gasteiger partial charge in [-0.2, -0.15) is 0 Å². The van der Waals surface area contributed by atoms with E-state index in [-0.39, 0.29) is 24.2 Å². The molecule has 0 amide bonds. The third kappa shape index (κ3) is 3.84. The highest BCUT2D eigenvalue weighted by Gasteiger charge is 2.32. The van der Waals surface area contributed by atoms with E-state index in [1.165, 1.54) is 19.2 Å². The molecular formula is C14H18N2O5. The van der Waals surface area contributed by atoms with Gasteiger partial charge in [0, 0.05) is 23.9 Å². The molecule has 1 saturated carbocycles. The van der Waals surface area contributed by atoms with Crippen LogP contribution >= 0.6 is 0 Å². The molecule has 1 aliphatic rings. The van der Waals surface area contributed by atoms with Gasteiger partial charge in [-0.1, -0.05) is 0 Å². The number of rotatable bonds is 7. The van der Waals surface area contributed by atoms with Gasteiger partial charge in [0.2, 0.25) is 0 Å². The Bertz CT molecular complexity index is 542. The zero-order valence-corrected chi connectivity index (χ0v) is 12.1. The third-order valence-electron chi connectivity index (χ3n) is 3.25. The fourth-order valence-electron chi connectivity index (χ4n) is 2.12. The quantitative estimate of drug-likeness (QED) is 0.435. The van der Waals surface area contributed by atoms with Gasteiger partial charge in [0.1, 0.15) is 12.3 Å². The van der Waals surface area contributed by atoms with Crippen molar-refractivity contribution in [2.45, 2.75) is 25.8 Å². The maximum atomic E-state index is 11.7. The molecule has 0 unspecified atom stereocenters. The van der Waals surface area contributed by atoms with E-state index in [1.807, 2.05) is 4.90 Å². The van der Waals surface area contributed by atoms with Gasteiger partial charge in [0.25, 0.3) is 5.69 Å². The molecule has 1 aromatic carbocycles. The molecule has 2 rings (SSSR count). The second kappa shape index (κ2) is 6.43. The molecule has 0 heterocycles. The fraction of sp³-hybridized carbons (Fsp3) is 0.500. The normalized spacial score (nSPS) is 13.6. The minimum absolute atomic E-state index is 0.0566. The smallest absolute Gasteiger partial charge is 0.325 e. The summed E-state index contributed by atoms with van der Waals surface area (Å²) < 4.78 is 10.1. The Hall–Kier alpha value is -2.31. The van der Waals surface area contributed by atoms with Crippen molar-refractivity contribution in [1.82, 2.24) is 0 Å². The predicted octanol–water partition coefficient (Wildman–Crippen LogP) is 2.14. The molecule has 114 valence electrons. The van der Waals surface area contributed by atoms with E-state index in [1.54, 1.807) is 13.0 Å². The molecule has 0 N–H and O–H groups in total. The van der Waals surface area contributed by atoms with Gasteiger partial charge in [0.15, 0.2) is 0 Å². The van der Waals surface area contributed by atoms with Crippen molar-refractivity contribution in [3.63, 3.8) is 0 Å². The lowest BCUT2D eigenvalue weighted by Gasteiger charge is -2.23. The van der Waals surface area contributed by atoms with Crippen LogP contribution in [0.3, 0.4) is 0 Å². The van der Waals surface area contributed by atoms with Crippen LogP contribution in [0.15, 0.2) is 18.2 Å². The molecule has 0 atom stereocenters. The number of carbonyl (C=O) groups is 1. The summed E-state index contributed by atoms with van der Waals surface area (Å²) in [6, 6.07) is 4.74. The average molecular weight is 294 g/mol. The lowest BCUT2D eigenvalue weighted by atomic mass is 10.2. The number of esters is 1. The Balaban J connectivity index is 2.28. The summed E-state index contributed by atoms with van der Waals surface area (Å²) in [7, 11) is 1.45. The molecule has 0 aliphatic heterocycles. The summed E-state index contributed by atoms with van der Waals surface area (Å²) in [5, 5.41) is 11.0. The van der Waals surface area contributed by atoms with Crippen LogP contribution in [0, 0.1) is 10.1 Å². The number of hydrogen-bond donors (Lipinski definition) is 0. The Morgan fingerprint density at radius 2 is 2.14 bits per heavy atom. The number of nitro groups is 1. The summed E-state index contributed by atoms with van der Waals surface area (Å²) in [6.45, 7) is 2.15. The van der Waals surface area contributed by atoms with Crippen molar-refractivity contribution in [1.29, 1.82) is 0 Å². The number of hydrogen-bond acceptors (Lipinski definition) is 6. The average Bonchev–Trinajstić information content (AvgIpc) is 3.29.